The Morgan fingerprint density at radius 3 is 2.50 bits per heavy atom. The van der Waals surface area contributed by atoms with Crippen LogP contribution in [0.5, 0.6) is 0 Å². The Hall–Kier alpha value is -1.47. The molecule has 0 radical (unpaired) electrons. The number of aliphatic carboxylic acids is 1. The van der Waals surface area contributed by atoms with Gasteiger partial charge in [-0.15, -0.1) is 0 Å². The van der Waals surface area contributed by atoms with E-state index in [1.165, 1.54) is 6.07 Å². The van der Waals surface area contributed by atoms with Crippen LogP contribution in [0.2, 0.25) is 0 Å². The topological polar surface area (TPSA) is 74.7 Å². The van der Waals surface area contributed by atoms with Crippen molar-refractivity contribution < 1.29 is 22.7 Å². The van der Waals surface area contributed by atoms with E-state index in [2.05, 4.69) is 0 Å². The van der Waals surface area contributed by atoms with Crippen LogP contribution in [0.15, 0.2) is 23.1 Å². The summed E-state index contributed by atoms with van der Waals surface area (Å²) in [6.07, 6.45) is -0.396. The van der Waals surface area contributed by atoms with E-state index in [1.807, 2.05) is 0 Å². The van der Waals surface area contributed by atoms with Crippen molar-refractivity contribution in [3.63, 3.8) is 0 Å². The monoisotopic (exact) mass is 301 g/mol. The zero-order chi connectivity index (χ0) is 15.3. The number of benzene rings is 1. The van der Waals surface area contributed by atoms with Gasteiger partial charge >= 0.3 is 5.97 Å². The van der Waals surface area contributed by atoms with E-state index in [9.17, 15) is 17.6 Å². The van der Waals surface area contributed by atoms with Gasteiger partial charge in [0.05, 0.1) is 17.4 Å². The number of carboxylic acid groups (broad SMARTS) is 1. The lowest BCUT2D eigenvalue weighted by Gasteiger charge is -2.34. The Kier molecular flexibility index (Phi) is 3.38. The van der Waals surface area contributed by atoms with E-state index in [0.29, 0.717) is 0 Å². The molecule has 110 valence electrons. The van der Waals surface area contributed by atoms with Crippen LogP contribution in [0.4, 0.5) is 4.39 Å². The Balaban J connectivity index is 2.69. The highest BCUT2D eigenvalue weighted by molar-refractivity contribution is 7.89. The second kappa shape index (κ2) is 4.53. The maximum Gasteiger partial charge on any atom is 0.305 e. The van der Waals surface area contributed by atoms with Crippen molar-refractivity contribution in [3.05, 3.63) is 29.6 Å². The molecule has 1 heterocycles. The molecule has 0 amide bonds. The highest BCUT2D eigenvalue weighted by Gasteiger charge is 2.48. The summed E-state index contributed by atoms with van der Waals surface area (Å²) in [6.45, 7) is 5.05. The third-order valence-corrected chi connectivity index (χ3v) is 5.43. The number of hydrogen-bond donors (Lipinski definition) is 1. The molecule has 0 saturated carbocycles. The van der Waals surface area contributed by atoms with Crippen molar-refractivity contribution in [1.29, 1.82) is 0 Å². The number of fused-ring (bicyclic) bond motifs is 1. The van der Waals surface area contributed by atoms with Gasteiger partial charge < -0.3 is 5.11 Å². The molecule has 1 N–H and O–H groups in total. The lowest BCUT2D eigenvalue weighted by atomic mass is 9.99. The standard InChI is InChI=1S/C13H16FNO4S/c1-13(2,3)15-10(7-12(16)17)9-6-8(14)4-5-11(9)20(15,18)19/h4-6,10H,7H2,1-3H3,(H,16,17)/t10-/m0/s1. The van der Waals surface area contributed by atoms with Crippen molar-refractivity contribution in [2.75, 3.05) is 0 Å². The average Bonchev–Trinajstić information content (AvgIpc) is 2.45. The van der Waals surface area contributed by atoms with Gasteiger partial charge in [-0.25, -0.2) is 12.8 Å². The average molecular weight is 301 g/mol. The third-order valence-electron chi connectivity index (χ3n) is 3.18. The number of sulfonamides is 1. The highest BCUT2D eigenvalue weighted by Crippen LogP contribution is 2.45. The van der Waals surface area contributed by atoms with E-state index in [0.717, 1.165) is 16.4 Å². The molecule has 20 heavy (non-hydrogen) atoms. The first-order chi connectivity index (χ1) is 9.05. The molecule has 1 atom stereocenters. The van der Waals surface area contributed by atoms with Gasteiger partial charge in [0.1, 0.15) is 5.82 Å². The highest BCUT2D eigenvalue weighted by atomic mass is 32.2. The molecular formula is C13H16FNO4S. The number of carboxylic acids is 1. The molecular weight excluding hydrogens is 285 g/mol. The SMILES string of the molecule is CC(C)(C)N1[C@@H](CC(=O)O)c2cc(F)ccc2S1(=O)=O. The second-order valence-electron chi connectivity index (χ2n) is 5.77. The molecule has 0 saturated heterocycles. The first-order valence-corrected chi connectivity index (χ1v) is 7.55. The van der Waals surface area contributed by atoms with Crippen molar-refractivity contribution in [2.45, 2.75) is 43.7 Å². The van der Waals surface area contributed by atoms with Gasteiger partial charge in [0.25, 0.3) is 0 Å². The zero-order valence-corrected chi connectivity index (χ0v) is 12.2. The number of rotatable bonds is 2. The summed E-state index contributed by atoms with van der Waals surface area (Å²) in [6, 6.07) is 2.48. The van der Waals surface area contributed by atoms with Gasteiger partial charge in [-0.05, 0) is 44.5 Å². The van der Waals surface area contributed by atoms with E-state index in [1.54, 1.807) is 20.8 Å². The maximum absolute atomic E-state index is 13.4. The molecule has 0 unspecified atom stereocenters. The number of hydrogen-bond acceptors (Lipinski definition) is 3. The molecule has 2 rings (SSSR count). The van der Waals surface area contributed by atoms with Crippen molar-refractivity contribution in [3.8, 4) is 0 Å². The molecule has 0 fully saturated rings. The van der Waals surface area contributed by atoms with Crippen molar-refractivity contribution in [1.82, 2.24) is 4.31 Å². The van der Waals surface area contributed by atoms with Crippen molar-refractivity contribution in [2.24, 2.45) is 0 Å². The minimum atomic E-state index is -3.81. The van der Waals surface area contributed by atoms with Gasteiger partial charge in [-0.1, -0.05) is 0 Å². The van der Waals surface area contributed by atoms with Crippen LogP contribution < -0.4 is 0 Å². The van der Waals surface area contributed by atoms with Crippen LogP contribution in [0.25, 0.3) is 0 Å². The zero-order valence-electron chi connectivity index (χ0n) is 11.4. The molecule has 1 aliphatic heterocycles. The minimum absolute atomic E-state index is 0.0138. The molecule has 1 aromatic carbocycles. The van der Waals surface area contributed by atoms with Gasteiger partial charge in [0.15, 0.2) is 0 Å². The normalized spacial score (nSPS) is 21.7. The molecule has 0 bridgehead atoms. The fourth-order valence-corrected chi connectivity index (χ4v) is 4.79. The van der Waals surface area contributed by atoms with Crippen LogP contribution in [-0.2, 0) is 14.8 Å². The van der Waals surface area contributed by atoms with Crippen LogP contribution in [0.3, 0.4) is 0 Å². The third kappa shape index (κ3) is 2.31. The Morgan fingerprint density at radius 2 is 2.00 bits per heavy atom. The molecule has 5 nitrogen and oxygen atoms in total. The Morgan fingerprint density at radius 1 is 1.40 bits per heavy atom. The van der Waals surface area contributed by atoms with Gasteiger partial charge in [-0.3, -0.25) is 4.79 Å². The summed E-state index contributed by atoms with van der Waals surface area (Å²) in [7, 11) is -3.81. The predicted octanol–water partition coefficient (Wildman–Crippen LogP) is 2.14. The summed E-state index contributed by atoms with van der Waals surface area (Å²) in [5, 5.41) is 9.01. The van der Waals surface area contributed by atoms with Crippen molar-refractivity contribution >= 4 is 16.0 Å². The first kappa shape index (κ1) is 14.9. The molecule has 0 spiro atoms. The summed E-state index contributed by atoms with van der Waals surface area (Å²) in [4.78, 5) is 11.0. The van der Waals surface area contributed by atoms with E-state index in [-0.39, 0.29) is 10.5 Å². The smallest absolute Gasteiger partial charge is 0.305 e. The maximum atomic E-state index is 13.4. The lowest BCUT2D eigenvalue weighted by Crippen LogP contribution is -2.44. The van der Waals surface area contributed by atoms with Crippen LogP contribution in [0.1, 0.15) is 38.8 Å². The molecule has 7 heteroatoms. The summed E-state index contributed by atoms with van der Waals surface area (Å²) in [5.41, 5.74) is -0.587. The summed E-state index contributed by atoms with van der Waals surface area (Å²) >= 11 is 0. The van der Waals surface area contributed by atoms with E-state index in [4.69, 9.17) is 5.11 Å². The fraction of sp³-hybridized carbons (Fsp3) is 0.462. The fourth-order valence-electron chi connectivity index (χ4n) is 2.60. The predicted molar refractivity (Wildman–Crippen MR) is 70.2 cm³/mol. The van der Waals surface area contributed by atoms with E-state index < -0.39 is 39.8 Å². The second-order valence-corrected chi connectivity index (χ2v) is 7.55. The molecule has 0 aliphatic carbocycles. The number of carbonyl (C=O) groups is 1. The summed E-state index contributed by atoms with van der Waals surface area (Å²) in [5.74, 6) is -1.71. The Bertz CT molecular complexity index is 663. The largest absolute Gasteiger partial charge is 0.481 e. The van der Waals surface area contributed by atoms with E-state index >= 15 is 0 Å². The first-order valence-electron chi connectivity index (χ1n) is 6.11. The Labute approximate surface area is 117 Å². The van der Waals surface area contributed by atoms with Gasteiger partial charge in [0, 0.05) is 5.54 Å². The lowest BCUT2D eigenvalue weighted by molar-refractivity contribution is -0.138. The molecule has 1 aliphatic rings. The molecule has 1 aromatic rings. The van der Waals surface area contributed by atoms with Gasteiger partial charge in [-0.2, -0.15) is 4.31 Å². The number of nitrogens with zero attached hydrogens (tertiary/aromatic N) is 1. The number of halogens is 1. The van der Waals surface area contributed by atoms with Crippen LogP contribution in [-0.4, -0.2) is 29.3 Å². The minimum Gasteiger partial charge on any atom is -0.481 e. The van der Waals surface area contributed by atoms with Gasteiger partial charge in [0.2, 0.25) is 10.0 Å². The molecule has 0 aromatic heterocycles. The van der Waals surface area contributed by atoms with Crippen LogP contribution in [0, 0.1) is 5.82 Å². The quantitative estimate of drug-likeness (QED) is 0.908. The summed E-state index contributed by atoms with van der Waals surface area (Å²) < 4.78 is 39.6. The van der Waals surface area contributed by atoms with Crippen LogP contribution >= 0.6 is 0 Å².